The van der Waals surface area contributed by atoms with E-state index >= 15 is 0 Å². The Balaban J connectivity index is 2.86. The number of hydrogen-bond donors (Lipinski definition) is 1. The van der Waals surface area contributed by atoms with Crippen LogP contribution in [0.3, 0.4) is 0 Å². The van der Waals surface area contributed by atoms with Crippen LogP contribution in [0.15, 0.2) is 18.2 Å². The van der Waals surface area contributed by atoms with Crippen molar-refractivity contribution in [3.05, 3.63) is 29.3 Å². The number of rotatable bonds is 9. The van der Waals surface area contributed by atoms with Crippen molar-refractivity contribution in [2.24, 2.45) is 0 Å². The molecule has 1 N–H and O–H groups in total. The minimum absolute atomic E-state index is 0.438. The molecule has 0 radical (unpaired) electrons. The lowest BCUT2D eigenvalue weighted by molar-refractivity contribution is 0.199. The molecule has 0 aliphatic rings. The molecule has 1 aromatic rings. The van der Waals surface area contributed by atoms with E-state index in [-0.39, 0.29) is 0 Å². The maximum atomic E-state index is 9.43. The summed E-state index contributed by atoms with van der Waals surface area (Å²) in [7, 11) is 1.69. The largest absolute Gasteiger partial charge is 0.383 e. The number of nitrogens with zero attached hydrogens (tertiary/aromatic N) is 2. The molecule has 0 saturated carbocycles. The maximum absolute atomic E-state index is 9.43. The van der Waals surface area contributed by atoms with Gasteiger partial charge in [-0.05, 0) is 38.0 Å². The van der Waals surface area contributed by atoms with Crippen LogP contribution in [-0.2, 0) is 11.3 Å². The van der Waals surface area contributed by atoms with E-state index in [2.05, 4.69) is 49.2 Å². The van der Waals surface area contributed by atoms with E-state index in [9.17, 15) is 5.26 Å². The third-order valence-corrected chi connectivity index (χ3v) is 3.77. The molecule has 1 aromatic carbocycles. The molecule has 0 heterocycles. The summed E-state index contributed by atoms with van der Waals surface area (Å²) >= 11 is 0. The molecule has 4 heteroatoms. The summed E-state index contributed by atoms with van der Waals surface area (Å²) < 4.78 is 5.01. The second-order valence-corrected chi connectivity index (χ2v) is 5.18. The first-order valence-corrected chi connectivity index (χ1v) is 7.67. The lowest BCUT2D eigenvalue weighted by Gasteiger charge is -2.30. The van der Waals surface area contributed by atoms with Gasteiger partial charge < -0.3 is 15.0 Å². The zero-order valence-electron chi connectivity index (χ0n) is 13.6. The molecule has 1 rings (SSSR count). The Morgan fingerprint density at radius 3 is 2.71 bits per heavy atom. The number of nitriles is 1. The predicted molar refractivity (Wildman–Crippen MR) is 87.5 cm³/mol. The summed E-state index contributed by atoms with van der Waals surface area (Å²) in [6.07, 6.45) is 1.07. The number of anilines is 1. The Kier molecular flexibility index (Phi) is 7.81. The van der Waals surface area contributed by atoms with Crippen molar-refractivity contribution < 1.29 is 4.74 Å². The summed E-state index contributed by atoms with van der Waals surface area (Å²) in [5.74, 6) is 0. The van der Waals surface area contributed by atoms with E-state index in [0.717, 1.165) is 42.9 Å². The van der Waals surface area contributed by atoms with Crippen LogP contribution in [0.5, 0.6) is 0 Å². The Morgan fingerprint density at radius 2 is 2.14 bits per heavy atom. The molecule has 0 spiro atoms. The molecule has 21 heavy (non-hydrogen) atoms. The van der Waals surface area contributed by atoms with Crippen LogP contribution >= 0.6 is 0 Å². The molecule has 0 bridgehead atoms. The van der Waals surface area contributed by atoms with Gasteiger partial charge in [0.15, 0.2) is 0 Å². The van der Waals surface area contributed by atoms with Crippen LogP contribution in [0.25, 0.3) is 0 Å². The number of nitrogens with one attached hydrogen (secondary N) is 1. The number of hydrogen-bond acceptors (Lipinski definition) is 4. The molecule has 1 atom stereocenters. The van der Waals surface area contributed by atoms with E-state index in [1.807, 2.05) is 6.07 Å². The lowest BCUT2D eigenvalue weighted by atomic mass is 10.1. The molecule has 0 aliphatic heterocycles. The average Bonchev–Trinajstić information content (AvgIpc) is 2.52. The summed E-state index contributed by atoms with van der Waals surface area (Å²) in [6, 6.07) is 8.93. The van der Waals surface area contributed by atoms with Crippen molar-refractivity contribution in [1.29, 1.82) is 5.26 Å². The van der Waals surface area contributed by atoms with Crippen molar-refractivity contribution in [3.8, 4) is 6.07 Å². The zero-order chi connectivity index (χ0) is 15.7. The van der Waals surface area contributed by atoms with Crippen LogP contribution in [-0.4, -0.2) is 32.8 Å². The average molecular weight is 289 g/mol. The van der Waals surface area contributed by atoms with Crippen molar-refractivity contribution in [2.45, 2.75) is 39.8 Å². The highest BCUT2D eigenvalue weighted by molar-refractivity contribution is 5.61. The van der Waals surface area contributed by atoms with Gasteiger partial charge in [0, 0.05) is 32.8 Å². The Hall–Kier alpha value is -1.57. The van der Waals surface area contributed by atoms with Gasteiger partial charge in [-0.3, -0.25) is 0 Å². The third kappa shape index (κ3) is 5.04. The first-order chi connectivity index (χ1) is 10.2. The molecular formula is C17H27N3O. The highest BCUT2D eigenvalue weighted by Crippen LogP contribution is 2.24. The summed E-state index contributed by atoms with van der Waals surface area (Å²) in [5.41, 5.74) is 2.92. The molecule has 0 amide bonds. The van der Waals surface area contributed by atoms with Gasteiger partial charge in [-0.15, -0.1) is 0 Å². The minimum Gasteiger partial charge on any atom is -0.383 e. The molecular weight excluding hydrogens is 262 g/mol. The Morgan fingerprint density at radius 1 is 1.38 bits per heavy atom. The van der Waals surface area contributed by atoms with Crippen molar-refractivity contribution in [2.75, 3.05) is 31.7 Å². The van der Waals surface area contributed by atoms with E-state index < -0.39 is 0 Å². The zero-order valence-corrected chi connectivity index (χ0v) is 13.6. The van der Waals surface area contributed by atoms with Gasteiger partial charge in [-0.25, -0.2) is 0 Å². The number of ether oxygens (including phenoxy) is 1. The molecule has 0 fully saturated rings. The number of benzene rings is 1. The first kappa shape index (κ1) is 17.5. The van der Waals surface area contributed by atoms with Crippen molar-refractivity contribution >= 4 is 5.69 Å². The molecule has 0 aromatic heterocycles. The monoisotopic (exact) mass is 289 g/mol. The van der Waals surface area contributed by atoms with Gasteiger partial charge >= 0.3 is 0 Å². The van der Waals surface area contributed by atoms with Crippen LogP contribution < -0.4 is 10.2 Å². The highest BCUT2D eigenvalue weighted by atomic mass is 16.5. The molecule has 0 saturated heterocycles. The SMILES string of the molecule is CCC(C)N(CC)c1ccc(CNCCOC)cc1C#N. The fourth-order valence-corrected chi connectivity index (χ4v) is 2.38. The van der Waals surface area contributed by atoms with Crippen LogP contribution in [0, 0.1) is 11.3 Å². The smallest absolute Gasteiger partial charge is 0.101 e. The van der Waals surface area contributed by atoms with E-state index in [4.69, 9.17) is 4.74 Å². The molecule has 4 nitrogen and oxygen atoms in total. The topological polar surface area (TPSA) is 48.3 Å². The third-order valence-electron chi connectivity index (χ3n) is 3.77. The van der Waals surface area contributed by atoms with Gasteiger partial charge in [0.05, 0.1) is 17.9 Å². The van der Waals surface area contributed by atoms with Gasteiger partial charge in [0.25, 0.3) is 0 Å². The van der Waals surface area contributed by atoms with E-state index in [1.54, 1.807) is 7.11 Å². The predicted octanol–water partition coefficient (Wildman–Crippen LogP) is 2.92. The first-order valence-electron chi connectivity index (χ1n) is 7.67. The Labute approximate surface area is 128 Å². The van der Waals surface area contributed by atoms with Crippen molar-refractivity contribution in [1.82, 2.24) is 5.32 Å². The fraction of sp³-hybridized carbons (Fsp3) is 0.588. The van der Waals surface area contributed by atoms with Gasteiger partial charge in [0.2, 0.25) is 0 Å². The summed E-state index contributed by atoms with van der Waals surface area (Å²) in [5, 5.41) is 12.7. The standard InChI is InChI=1S/C17H27N3O/c1-5-14(3)20(6-2)17-8-7-15(11-16(17)12-18)13-19-9-10-21-4/h7-8,11,14,19H,5-6,9-10,13H2,1-4H3. The quantitative estimate of drug-likeness (QED) is 0.710. The van der Waals surface area contributed by atoms with Crippen LogP contribution in [0.1, 0.15) is 38.3 Å². The van der Waals surface area contributed by atoms with Gasteiger partial charge in [-0.1, -0.05) is 13.0 Å². The number of methoxy groups -OCH3 is 1. The lowest BCUT2D eigenvalue weighted by Crippen LogP contribution is -2.33. The Bertz CT molecular complexity index is 468. The van der Waals surface area contributed by atoms with Crippen LogP contribution in [0.2, 0.25) is 0 Å². The minimum atomic E-state index is 0.438. The second-order valence-electron chi connectivity index (χ2n) is 5.18. The summed E-state index contributed by atoms with van der Waals surface area (Å²) in [4.78, 5) is 2.29. The van der Waals surface area contributed by atoms with E-state index in [0.29, 0.717) is 12.6 Å². The van der Waals surface area contributed by atoms with Gasteiger partial charge in [-0.2, -0.15) is 5.26 Å². The summed E-state index contributed by atoms with van der Waals surface area (Å²) in [6.45, 7) is 9.68. The second kappa shape index (κ2) is 9.38. The molecule has 0 aliphatic carbocycles. The van der Waals surface area contributed by atoms with Gasteiger partial charge in [0.1, 0.15) is 6.07 Å². The van der Waals surface area contributed by atoms with Crippen molar-refractivity contribution in [3.63, 3.8) is 0 Å². The molecule has 116 valence electrons. The van der Waals surface area contributed by atoms with Crippen LogP contribution in [0.4, 0.5) is 5.69 Å². The van der Waals surface area contributed by atoms with E-state index in [1.165, 1.54) is 0 Å². The molecule has 1 unspecified atom stereocenters. The maximum Gasteiger partial charge on any atom is 0.101 e. The fourth-order valence-electron chi connectivity index (χ4n) is 2.38. The normalized spacial score (nSPS) is 12.0. The highest BCUT2D eigenvalue weighted by Gasteiger charge is 2.15.